The van der Waals surface area contributed by atoms with Crippen molar-refractivity contribution in [3.63, 3.8) is 0 Å². The summed E-state index contributed by atoms with van der Waals surface area (Å²) in [4.78, 5) is 2.65. The van der Waals surface area contributed by atoms with Gasteiger partial charge in [-0.15, -0.1) is 0 Å². The van der Waals surface area contributed by atoms with Crippen LogP contribution >= 0.6 is 0 Å². The predicted octanol–water partition coefficient (Wildman–Crippen LogP) is 3.04. The normalized spacial score (nSPS) is 27.2. The van der Waals surface area contributed by atoms with Crippen molar-refractivity contribution in [3.05, 3.63) is 23.8 Å². The van der Waals surface area contributed by atoms with Gasteiger partial charge in [0.05, 0.1) is 7.11 Å². The number of anilines is 1. The summed E-state index contributed by atoms with van der Waals surface area (Å²) in [7, 11) is 1.68. The van der Waals surface area contributed by atoms with Crippen LogP contribution in [0.4, 0.5) is 5.69 Å². The molecule has 2 unspecified atom stereocenters. The van der Waals surface area contributed by atoms with E-state index in [-0.39, 0.29) is 0 Å². The van der Waals surface area contributed by atoms with Gasteiger partial charge in [0.25, 0.3) is 0 Å². The Morgan fingerprint density at radius 3 is 2.89 bits per heavy atom. The summed E-state index contributed by atoms with van der Waals surface area (Å²) in [6, 6.07) is 6.87. The molecular weight excluding hydrogens is 236 g/mol. The molecule has 1 aromatic carbocycles. The van der Waals surface area contributed by atoms with Crippen molar-refractivity contribution >= 4 is 5.69 Å². The molecule has 2 fully saturated rings. The van der Waals surface area contributed by atoms with Crippen molar-refractivity contribution < 1.29 is 4.74 Å². The quantitative estimate of drug-likeness (QED) is 0.849. The molecule has 2 atom stereocenters. The number of piperidine rings is 1. The van der Waals surface area contributed by atoms with E-state index in [1.54, 1.807) is 7.11 Å². The van der Waals surface area contributed by atoms with Crippen LogP contribution in [-0.4, -0.2) is 24.6 Å². The number of likely N-dealkylation sites (tertiary alicyclic amines) is 1. The number of hydrogen-bond donors (Lipinski definition) is 1. The van der Waals surface area contributed by atoms with E-state index in [0.29, 0.717) is 0 Å². The first-order valence-corrected chi connectivity index (χ1v) is 7.44. The molecule has 1 aliphatic heterocycles. The zero-order chi connectivity index (χ0) is 13.2. The largest absolute Gasteiger partial charge is 0.497 e. The van der Waals surface area contributed by atoms with Crippen molar-refractivity contribution in [2.45, 2.75) is 44.7 Å². The molecular formula is C16H24N2O. The van der Waals surface area contributed by atoms with Crippen LogP contribution in [-0.2, 0) is 6.54 Å². The Morgan fingerprint density at radius 2 is 2.11 bits per heavy atom. The fraction of sp³-hybridized carbons (Fsp3) is 0.625. The molecule has 2 N–H and O–H groups in total. The lowest BCUT2D eigenvalue weighted by Gasteiger charge is -2.38. The molecule has 3 nitrogen and oxygen atoms in total. The molecule has 3 heteroatoms. The molecule has 0 spiro atoms. The number of rotatable bonds is 3. The summed E-state index contributed by atoms with van der Waals surface area (Å²) in [6.07, 6.45) is 6.99. The highest BCUT2D eigenvalue weighted by Gasteiger charge is 2.34. The van der Waals surface area contributed by atoms with E-state index >= 15 is 0 Å². The summed E-state index contributed by atoms with van der Waals surface area (Å²) >= 11 is 0. The van der Waals surface area contributed by atoms with Gasteiger partial charge >= 0.3 is 0 Å². The number of methoxy groups -OCH3 is 1. The molecule has 1 saturated carbocycles. The minimum atomic E-state index is 0.801. The average molecular weight is 260 g/mol. The van der Waals surface area contributed by atoms with E-state index in [1.807, 2.05) is 12.1 Å². The third kappa shape index (κ3) is 2.57. The maximum absolute atomic E-state index is 6.14. The Bertz CT molecular complexity index is 446. The first kappa shape index (κ1) is 12.8. The van der Waals surface area contributed by atoms with Crippen LogP contribution in [0.25, 0.3) is 0 Å². The van der Waals surface area contributed by atoms with Gasteiger partial charge in [0, 0.05) is 24.3 Å². The summed E-state index contributed by atoms with van der Waals surface area (Å²) in [6.45, 7) is 2.23. The van der Waals surface area contributed by atoms with Gasteiger partial charge in [0.15, 0.2) is 0 Å². The lowest BCUT2D eigenvalue weighted by molar-refractivity contribution is 0.106. The molecule has 19 heavy (non-hydrogen) atoms. The average Bonchev–Trinajstić information content (AvgIpc) is 2.90. The Labute approximate surface area is 115 Å². The first-order chi connectivity index (χ1) is 9.28. The Morgan fingerprint density at radius 1 is 1.26 bits per heavy atom. The zero-order valence-corrected chi connectivity index (χ0v) is 11.8. The molecule has 0 amide bonds. The predicted molar refractivity (Wildman–Crippen MR) is 78.2 cm³/mol. The van der Waals surface area contributed by atoms with Crippen LogP contribution in [0, 0.1) is 5.92 Å². The highest BCUT2D eigenvalue weighted by Crippen LogP contribution is 2.37. The first-order valence-electron chi connectivity index (χ1n) is 7.44. The smallest absolute Gasteiger partial charge is 0.120 e. The fourth-order valence-corrected chi connectivity index (χ4v) is 3.82. The van der Waals surface area contributed by atoms with Crippen LogP contribution in [0.15, 0.2) is 18.2 Å². The van der Waals surface area contributed by atoms with E-state index in [4.69, 9.17) is 10.5 Å². The minimum absolute atomic E-state index is 0.801. The van der Waals surface area contributed by atoms with Crippen LogP contribution in [0.3, 0.4) is 0 Å². The fourth-order valence-electron chi connectivity index (χ4n) is 3.82. The van der Waals surface area contributed by atoms with Gasteiger partial charge < -0.3 is 10.5 Å². The SMILES string of the molecule is COc1ccc(CN2CCCC3CCCC32)c(N)c1. The van der Waals surface area contributed by atoms with Crippen molar-refractivity contribution in [2.24, 2.45) is 5.92 Å². The lowest BCUT2D eigenvalue weighted by atomic mass is 9.91. The molecule has 104 valence electrons. The topological polar surface area (TPSA) is 38.5 Å². The van der Waals surface area contributed by atoms with E-state index in [0.717, 1.165) is 29.9 Å². The summed E-state index contributed by atoms with van der Waals surface area (Å²) < 4.78 is 5.22. The third-order valence-corrected chi connectivity index (χ3v) is 4.83. The van der Waals surface area contributed by atoms with Crippen LogP contribution in [0.5, 0.6) is 5.75 Å². The molecule has 1 heterocycles. The molecule has 0 aromatic heterocycles. The summed E-state index contributed by atoms with van der Waals surface area (Å²) in [5.74, 6) is 1.78. The molecule has 0 radical (unpaired) electrons. The Balaban J connectivity index is 1.73. The Hall–Kier alpha value is -1.22. The summed E-state index contributed by atoms with van der Waals surface area (Å²) in [5.41, 5.74) is 8.25. The monoisotopic (exact) mass is 260 g/mol. The number of nitrogen functional groups attached to an aromatic ring is 1. The van der Waals surface area contributed by atoms with E-state index in [2.05, 4.69) is 11.0 Å². The van der Waals surface area contributed by atoms with Gasteiger partial charge in [0.1, 0.15) is 5.75 Å². The maximum Gasteiger partial charge on any atom is 0.120 e. The molecule has 3 rings (SSSR count). The number of hydrogen-bond acceptors (Lipinski definition) is 3. The second-order valence-electron chi connectivity index (χ2n) is 5.94. The third-order valence-electron chi connectivity index (χ3n) is 4.83. The number of nitrogens with two attached hydrogens (primary N) is 1. The number of ether oxygens (including phenoxy) is 1. The lowest BCUT2D eigenvalue weighted by Crippen LogP contribution is -2.41. The molecule has 1 aliphatic carbocycles. The van der Waals surface area contributed by atoms with E-state index < -0.39 is 0 Å². The van der Waals surface area contributed by atoms with Crippen molar-refractivity contribution in [2.75, 3.05) is 19.4 Å². The van der Waals surface area contributed by atoms with Gasteiger partial charge in [0.2, 0.25) is 0 Å². The number of nitrogens with zero attached hydrogens (tertiary/aromatic N) is 1. The van der Waals surface area contributed by atoms with Crippen LogP contribution in [0.2, 0.25) is 0 Å². The van der Waals surface area contributed by atoms with E-state index in [1.165, 1.54) is 44.2 Å². The van der Waals surface area contributed by atoms with Gasteiger partial charge in [-0.25, -0.2) is 0 Å². The molecule has 2 aliphatic rings. The molecule has 1 aromatic rings. The zero-order valence-electron chi connectivity index (χ0n) is 11.8. The van der Waals surface area contributed by atoms with Crippen LogP contribution < -0.4 is 10.5 Å². The second kappa shape index (κ2) is 5.41. The number of fused-ring (bicyclic) bond motifs is 1. The van der Waals surface area contributed by atoms with Gasteiger partial charge in [-0.1, -0.05) is 12.5 Å². The minimum Gasteiger partial charge on any atom is -0.497 e. The molecule has 0 bridgehead atoms. The van der Waals surface area contributed by atoms with Gasteiger partial charge in [-0.3, -0.25) is 4.90 Å². The second-order valence-corrected chi connectivity index (χ2v) is 5.94. The van der Waals surface area contributed by atoms with Gasteiger partial charge in [-0.2, -0.15) is 0 Å². The maximum atomic E-state index is 6.14. The van der Waals surface area contributed by atoms with E-state index in [9.17, 15) is 0 Å². The van der Waals surface area contributed by atoms with Crippen molar-refractivity contribution in [1.29, 1.82) is 0 Å². The van der Waals surface area contributed by atoms with Crippen molar-refractivity contribution in [1.82, 2.24) is 4.90 Å². The van der Waals surface area contributed by atoms with Gasteiger partial charge in [-0.05, 0) is 49.8 Å². The Kier molecular flexibility index (Phi) is 3.65. The highest BCUT2D eigenvalue weighted by atomic mass is 16.5. The standard InChI is InChI=1S/C16H24N2O/c1-19-14-8-7-13(15(17)10-14)11-18-9-3-5-12-4-2-6-16(12)18/h7-8,10,12,16H,2-6,9,11,17H2,1H3. The number of benzene rings is 1. The summed E-state index contributed by atoms with van der Waals surface area (Å²) in [5, 5.41) is 0. The van der Waals surface area contributed by atoms with Crippen LogP contribution in [0.1, 0.15) is 37.7 Å². The highest BCUT2D eigenvalue weighted by molar-refractivity contribution is 5.51. The van der Waals surface area contributed by atoms with Crippen molar-refractivity contribution in [3.8, 4) is 5.75 Å². The molecule has 1 saturated heterocycles.